The van der Waals surface area contributed by atoms with Crippen molar-refractivity contribution < 1.29 is 8.78 Å². The zero-order valence-electron chi connectivity index (χ0n) is 15.5. The Morgan fingerprint density at radius 1 is 1.00 bits per heavy atom. The van der Waals surface area contributed by atoms with Crippen LogP contribution in [0.15, 0.2) is 48.5 Å². The van der Waals surface area contributed by atoms with E-state index < -0.39 is 11.6 Å². The highest BCUT2D eigenvalue weighted by Crippen LogP contribution is 2.32. The van der Waals surface area contributed by atoms with Gasteiger partial charge in [-0.3, -0.25) is 10.00 Å². The van der Waals surface area contributed by atoms with Crippen LogP contribution < -0.4 is 4.90 Å². The van der Waals surface area contributed by atoms with E-state index in [-0.39, 0.29) is 0 Å². The number of nitrogens with one attached hydrogen (secondary N) is 1. The lowest BCUT2D eigenvalue weighted by Crippen LogP contribution is -2.41. The van der Waals surface area contributed by atoms with Gasteiger partial charge in [0.15, 0.2) is 0 Å². The van der Waals surface area contributed by atoms with Gasteiger partial charge in [-0.25, -0.2) is 8.78 Å². The minimum absolute atomic E-state index is 0.473. The van der Waals surface area contributed by atoms with Gasteiger partial charge in [-0.15, -0.1) is 0 Å². The topological polar surface area (TPSA) is 35.2 Å². The second kappa shape index (κ2) is 7.02. The van der Waals surface area contributed by atoms with E-state index in [2.05, 4.69) is 44.3 Å². The number of aromatic nitrogens is 2. The van der Waals surface area contributed by atoms with Gasteiger partial charge < -0.3 is 4.90 Å². The van der Waals surface area contributed by atoms with Crippen LogP contribution in [-0.4, -0.2) is 40.8 Å². The van der Waals surface area contributed by atoms with Crippen LogP contribution in [0.5, 0.6) is 0 Å². The van der Waals surface area contributed by atoms with Crippen LogP contribution >= 0.6 is 0 Å². The predicted octanol–water partition coefficient (Wildman–Crippen LogP) is 3.99. The number of nitrogens with zero attached hydrogens (tertiary/aromatic N) is 3. The molecule has 1 fully saturated rings. The molecule has 2 aliphatic rings. The van der Waals surface area contributed by atoms with Crippen LogP contribution in [0.1, 0.15) is 17.7 Å². The van der Waals surface area contributed by atoms with Crippen LogP contribution in [-0.2, 0) is 13.0 Å². The maximum Gasteiger partial charge on any atom is 0.126 e. The lowest BCUT2D eigenvalue weighted by molar-refractivity contribution is 0.191. The molecule has 0 saturated carbocycles. The fraction of sp³-hybridized carbons (Fsp3) is 0.318. The second-order valence-electron chi connectivity index (χ2n) is 7.63. The van der Waals surface area contributed by atoms with Crippen LogP contribution in [0.4, 0.5) is 14.5 Å². The third-order valence-corrected chi connectivity index (χ3v) is 5.90. The summed E-state index contributed by atoms with van der Waals surface area (Å²) in [6.07, 6.45) is 1.99. The number of para-hydroxylation sites is 1. The monoisotopic (exact) mass is 380 g/mol. The molecule has 28 heavy (non-hydrogen) atoms. The molecule has 144 valence electrons. The molecule has 0 amide bonds. The molecule has 1 saturated heterocycles. The Morgan fingerprint density at radius 2 is 1.79 bits per heavy atom. The first kappa shape index (κ1) is 17.4. The summed E-state index contributed by atoms with van der Waals surface area (Å²) in [7, 11) is 0. The van der Waals surface area contributed by atoms with Gasteiger partial charge in [0.05, 0.1) is 5.69 Å². The van der Waals surface area contributed by atoms with Gasteiger partial charge in [0, 0.05) is 67.2 Å². The third kappa shape index (κ3) is 3.18. The van der Waals surface area contributed by atoms with Crippen molar-refractivity contribution in [2.45, 2.75) is 25.4 Å². The summed E-state index contributed by atoms with van der Waals surface area (Å²) in [6, 6.07) is 14.6. The van der Waals surface area contributed by atoms with Crippen molar-refractivity contribution in [1.29, 1.82) is 0 Å². The molecule has 3 aromatic rings. The standard InChI is InChI=1S/C22H22F2N4/c23-16-10-15(11-17(24)12-16)22-20-14-28(9-7-21(20)25-26-22)19-6-8-27(13-19)18-4-2-1-3-5-18/h1-5,10-12,19H,6-9,13-14H2,(H,25,26)/t19-/m0/s1. The van der Waals surface area contributed by atoms with E-state index in [4.69, 9.17) is 0 Å². The number of hydrogen-bond acceptors (Lipinski definition) is 3. The van der Waals surface area contributed by atoms with E-state index in [0.717, 1.165) is 56.3 Å². The molecular formula is C22H22F2N4. The van der Waals surface area contributed by atoms with E-state index in [1.807, 2.05) is 6.07 Å². The lowest BCUT2D eigenvalue weighted by atomic mass is 9.99. The minimum Gasteiger partial charge on any atom is -0.370 e. The Morgan fingerprint density at radius 3 is 2.57 bits per heavy atom. The molecular weight excluding hydrogens is 358 g/mol. The van der Waals surface area contributed by atoms with E-state index in [1.54, 1.807) is 0 Å². The summed E-state index contributed by atoms with van der Waals surface area (Å²) >= 11 is 0. The molecule has 0 radical (unpaired) electrons. The number of aromatic amines is 1. The van der Waals surface area contributed by atoms with Gasteiger partial charge in [0.1, 0.15) is 11.6 Å². The molecule has 5 rings (SSSR count). The van der Waals surface area contributed by atoms with Gasteiger partial charge in [-0.05, 0) is 30.7 Å². The molecule has 4 nitrogen and oxygen atoms in total. The smallest absolute Gasteiger partial charge is 0.126 e. The minimum atomic E-state index is -0.575. The van der Waals surface area contributed by atoms with E-state index in [9.17, 15) is 8.78 Å². The zero-order chi connectivity index (χ0) is 19.1. The van der Waals surface area contributed by atoms with Crippen molar-refractivity contribution in [3.8, 4) is 11.3 Å². The summed E-state index contributed by atoms with van der Waals surface area (Å²) in [5, 5.41) is 7.46. The van der Waals surface area contributed by atoms with Crippen LogP contribution in [0, 0.1) is 11.6 Å². The molecule has 0 spiro atoms. The second-order valence-corrected chi connectivity index (χ2v) is 7.63. The summed E-state index contributed by atoms with van der Waals surface area (Å²) in [5.74, 6) is -1.15. The molecule has 1 aromatic heterocycles. The first-order valence-corrected chi connectivity index (χ1v) is 9.74. The van der Waals surface area contributed by atoms with Crippen molar-refractivity contribution in [3.63, 3.8) is 0 Å². The normalized spacial score (nSPS) is 19.8. The largest absolute Gasteiger partial charge is 0.370 e. The highest BCUT2D eigenvalue weighted by molar-refractivity contribution is 5.64. The molecule has 3 heterocycles. The van der Waals surface area contributed by atoms with Gasteiger partial charge in [0.25, 0.3) is 0 Å². The lowest BCUT2D eigenvalue weighted by Gasteiger charge is -2.32. The predicted molar refractivity (Wildman–Crippen MR) is 105 cm³/mol. The first-order chi connectivity index (χ1) is 13.7. The summed E-state index contributed by atoms with van der Waals surface area (Å²) in [5.41, 5.74) is 4.57. The van der Waals surface area contributed by atoms with Crippen molar-refractivity contribution in [2.24, 2.45) is 0 Å². The maximum atomic E-state index is 13.7. The number of rotatable bonds is 3. The third-order valence-electron chi connectivity index (χ3n) is 5.90. The molecule has 1 atom stereocenters. The Hall–Kier alpha value is -2.73. The van der Waals surface area contributed by atoms with Crippen molar-refractivity contribution in [3.05, 3.63) is 71.4 Å². The van der Waals surface area contributed by atoms with E-state index >= 15 is 0 Å². The quantitative estimate of drug-likeness (QED) is 0.746. The number of benzene rings is 2. The molecule has 2 aromatic carbocycles. The Balaban J connectivity index is 1.36. The molecule has 0 aliphatic carbocycles. The van der Waals surface area contributed by atoms with E-state index in [0.29, 0.717) is 17.3 Å². The number of fused-ring (bicyclic) bond motifs is 1. The molecule has 0 unspecified atom stereocenters. The number of H-pyrrole nitrogens is 1. The fourth-order valence-corrected chi connectivity index (χ4v) is 4.47. The Labute approximate surface area is 162 Å². The Kier molecular flexibility index (Phi) is 4.36. The molecule has 2 aliphatic heterocycles. The van der Waals surface area contributed by atoms with Gasteiger partial charge in [-0.1, -0.05) is 18.2 Å². The zero-order valence-corrected chi connectivity index (χ0v) is 15.5. The fourth-order valence-electron chi connectivity index (χ4n) is 4.47. The number of hydrogen-bond donors (Lipinski definition) is 1. The molecule has 0 bridgehead atoms. The van der Waals surface area contributed by atoms with Gasteiger partial charge >= 0.3 is 0 Å². The van der Waals surface area contributed by atoms with Crippen molar-refractivity contribution in [1.82, 2.24) is 15.1 Å². The maximum absolute atomic E-state index is 13.7. The van der Waals surface area contributed by atoms with Gasteiger partial charge in [-0.2, -0.15) is 5.10 Å². The Bertz CT molecular complexity index is 965. The highest BCUT2D eigenvalue weighted by Gasteiger charge is 2.32. The SMILES string of the molecule is Fc1cc(F)cc(-c2n[nH]c3c2CN([C@H]2CCN(c4ccccc4)C2)CC3)c1. The summed E-state index contributed by atoms with van der Waals surface area (Å²) < 4.78 is 27.4. The van der Waals surface area contributed by atoms with Crippen molar-refractivity contribution >= 4 is 5.69 Å². The van der Waals surface area contributed by atoms with Crippen LogP contribution in [0.2, 0.25) is 0 Å². The number of halogens is 2. The average molecular weight is 380 g/mol. The average Bonchev–Trinajstić information content (AvgIpc) is 3.35. The first-order valence-electron chi connectivity index (χ1n) is 9.74. The van der Waals surface area contributed by atoms with Crippen LogP contribution in [0.3, 0.4) is 0 Å². The number of anilines is 1. The molecule has 1 N–H and O–H groups in total. The molecule has 6 heteroatoms. The highest BCUT2D eigenvalue weighted by atomic mass is 19.1. The van der Waals surface area contributed by atoms with Crippen molar-refractivity contribution in [2.75, 3.05) is 24.5 Å². The van der Waals surface area contributed by atoms with Gasteiger partial charge in [0.2, 0.25) is 0 Å². The summed E-state index contributed by atoms with van der Waals surface area (Å²) in [4.78, 5) is 4.92. The van der Waals surface area contributed by atoms with Crippen LogP contribution in [0.25, 0.3) is 11.3 Å². The summed E-state index contributed by atoms with van der Waals surface area (Å²) in [6.45, 7) is 3.78. The van der Waals surface area contributed by atoms with E-state index in [1.165, 1.54) is 17.8 Å².